The second-order valence-electron chi connectivity index (χ2n) is 3.10. The molecule has 0 spiro atoms. The number of aliphatic hydroxyl groups excluding tert-OH is 1. The molecule has 12 heavy (non-hydrogen) atoms. The summed E-state index contributed by atoms with van der Waals surface area (Å²) in [4.78, 5) is 0. The zero-order valence-corrected chi connectivity index (χ0v) is 6.56. The molecule has 0 unspecified atom stereocenters. The van der Waals surface area contributed by atoms with Gasteiger partial charge in [-0.2, -0.15) is 13.2 Å². The standard InChI is InChI=1S/C7H12F3NO/c8-7(9,10)4-11-5-2-1-3-6(5)12/h5-6,11-12H,1-4H2/t5-,6+/m0/s1. The maximum absolute atomic E-state index is 11.7. The van der Waals surface area contributed by atoms with Crippen molar-refractivity contribution in [2.45, 2.75) is 37.6 Å². The molecule has 0 aromatic carbocycles. The van der Waals surface area contributed by atoms with Gasteiger partial charge in [0.1, 0.15) is 0 Å². The number of hydrogen-bond donors (Lipinski definition) is 2. The Kier molecular flexibility index (Phi) is 2.95. The van der Waals surface area contributed by atoms with Crippen LogP contribution in [0.1, 0.15) is 19.3 Å². The van der Waals surface area contributed by atoms with Gasteiger partial charge in [-0.15, -0.1) is 0 Å². The van der Waals surface area contributed by atoms with Gasteiger partial charge in [-0.05, 0) is 19.3 Å². The number of hydrogen-bond acceptors (Lipinski definition) is 2. The third-order valence-electron chi connectivity index (χ3n) is 2.04. The van der Waals surface area contributed by atoms with Crippen molar-refractivity contribution in [1.82, 2.24) is 5.32 Å². The molecule has 0 radical (unpaired) electrons. The molecule has 1 aliphatic rings. The van der Waals surface area contributed by atoms with E-state index in [2.05, 4.69) is 5.32 Å². The molecule has 72 valence electrons. The van der Waals surface area contributed by atoms with Crippen LogP contribution in [0.5, 0.6) is 0 Å². The molecule has 0 aromatic heterocycles. The van der Waals surface area contributed by atoms with E-state index in [4.69, 9.17) is 5.11 Å². The molecule has 0 saturated heterocycles. The highest BCUT2D eigenvalue weighted by Crippen LogP contribution is 2.20. The first-order valence-corrected chi connectivity index (χ1v) is 3.97. The molecule has 0 amide bonds. The minimum atomic E-state index is -4.18. The van der Waals surface area contributed by atoms with Crippen molar-refractivity contribution in [2.75, 3.05) is 6.54 Å². The SMILES string of the molecule is O[C@@H]1CCC[C@@H]1NCC(F)(F)F. The molecule has 0 heterocycles. The van der Waals surface area contributed by atoms with Gasteiger partial charge in [-0.3, -0.25) is 0 Å². The Balaban J connectivity index is 2.23. The van der Waals surface area contributed by atoms with E-state index in [0.29, 0.717) is 12.8 Å². The highest BCUT2D eigenvalue weighted by molar-refractivity contribution is 4.83. The topological polar surface area (TPSA) is 32.3 Å². The van der Waals surface area contributed by atoms with Crippen LogP contribution < -0.4 is 5.32 Å². The van der Waals surface area contributed by atoms with Gasteiger partial charge < -0.3 is 10.4 Å². The van der Waals surface area contributed by atoms with Crippen LogP contribution in [-0.2, 0) is 0 Å². The summed E-state index contributed by atoms with van der Waals surface area (Å²) in [7, 11) is 0. The van der Waals surface area contributed by atoms with Crippen molar-refractivity contribution in [2.24, 2.45) is 0 Å². The highest BCUT2D eigenvalue weighted by atomic mass is 19.4. The maximum atomic E-state index is 11.7. The first-order valence-electron chi connectivity index (χ1n) is 3.97. The molecule has 2 N–H and O–H groups in total. The smallest absolute Gasteiger partial charge is 0.392 e. The molecule has 2 atom stereocenters. The Bertz CT molecular complexity index is 148. The summed E-state index contributed by atoms with van der Waals surface area (Å²) in [5.41, 5.74) is 0. The van der Waals surface area contributed by atoms with Crippen molar-refractivity contribution in [3.05, 3.63) is 0 Å². The minimum Gasteiger partial charge on any atom is -0.392 e. The highest BCUT2D eigenvalue weighted by Gasteiger charge is 2.31. The van der Waals surface area contributed by atoms with Crippen LogP contribution in [0.3, 0.4) is 0 Å². The molecular formula is C7H12F3NO. The average Bonchev–Trinajstić information content (AvgIpc) is 2.29. The Morgan fingerprint density at radius 1 is 1.33 bits per heavy atom. The summed E-state index contributed by atoms with van der Waals surface area (Å²) in [5.74, 6) is 0. The molecule has 1 aliphatic carbocycles. The molecule has 1 saturated carbocycles. The Hall–Kier alpha value is -0.290. The maximum Gasteiger partial charge on any atom is 0.401 e. The predicted octanol–water partition coefficient (Wildman–Crippen LogP) is 1.05. The van der Waals surface area contributed by atoms with Crippen LogP contribution in [0.25, 0.3) is 0 Å². The zero-order valence-electron chi connectivity index (χ0n) is 6.56. The fraction of sp³-hybridized carbons (Fsp3) is 1.00. The van der Waals surface area contributed by atoms with E-state index in [1.54, 1.807) is 0 Å². The molecule has 2 nitrogen and oxygen atoms in total. The van der Waals surface area contributed by atoms with Crippen LogP contribution >= 0.6 is 0 Å². The van der Waals surface area contributed by atoms with Gasteiger partial charge in [-0.1, -0.05) is 0 Å². The van der Waals surface area contributed by atoms with Crippen molar-refractivity contribution in [1.29, 1.82) is 0 Å². The summed E-state index contributed by atoms with van der Waals surface area (Å²) in [6.45, 7) is -1.01. The van der Waals surface area contributed by atoms with Crippen molar-refractivity contribution in [3.63, 3.8) is 0 Å². The van der Waals surface area contributed by atoms with E-state index in [1.165, 1.54) is 0 Å². The number of nitrogens with one attached hydrogen (secondary N) is 1. The second-order valence-corrected chi connectivity index (χ2v) is 3.10. The molecule has 0 aliphatic heterocycles. The third-order valence-corrected chi connectivity index (χ3v) is 2.04. The van der Waals surface area contributed by atoms with Gasteiger partial charge in [0.15, 0.2) is 0 Å². The number of rotatable bonds is 2. The van der Waals surface area contributed by atoms with E-state index in [9.17, 15) is 13.2 Å². The van der Waals surface area contributed by atoms with E-state index in [-0.39, 0.29) is 6.04 Å². The van der Waals surface area contributed by atoms with Crippen molar-refractivity contribution in [3.8, 4) is 0 Å². The molecule has 1 rings (SSSR count). The van der Waals surface area contributed by atoms with Gasteiger partial charge in [0.05, 0.1) is 12.6 Å². The molecule has 0 aromatic rings. The van der Waals surface area contributed by atoms with Gasteiger partial charge in [0, 0.05) is 6.04 Å². The summed E-state index contributed by atoms with van der Waals surface area (Å²) < 4.78 is 35.1. The van der Waals surface area contributed by atoms with Crippen LogP contribution in [-0.4, -0.2) is 30.0 Å². The van der Waals surface area contributed by atoms with E-state index < -0.39 is 18.8 Å². The molecule has 0 bridgehead atoms. The quantitative estimate of drug-likeness (QED) is 0.670. The van der Waals surface area contributed by atoms with Gasteiger partial charge >= 0.3 is 6.18 Å². The van der Waals surface area contributed by atoms with Gasteiger partial charge in [-0.25, -0.2) is 0 Å². The van der Waals surface area contributed by atoms with Crippen LogP contribution in [0, 0.1) is 0 Å². The average molecular weight is 183 g/mol. The van der Waals surface area contributed by atoms with E-state index in [1.807, 2.05) is 0 Å². The third kappa shape index (κ3) is 2.98. The van der Waals surface area contributed by atoms with Crippen molar-refractivity contribution >= 4 is 0 Å². The summed E-state index contributed by atoms with van der Waals surface area (Å²) in [6, 6.07) is -0.369. The lowest BCUT2D eigenvalue weighted by Gasteiger charge is -2.17. The lowest BCUT2D eigenvalue weighted by atomic mass is 10.2. The molecular weight excluding hydrogens is 171 g/mol. The van der Waals surface area contributed by atoms with E-state index in [0.717, 1.165) is 6.42 Å². The largest absolute Gasteiger partial charge is 0.401 e. The number of halogens is 3. The molecule has 5 heteroatoms. The zero-order chi connectivity index (χ0) is 9.19. The minimum absolute atomic E-state index is 0.369. The van der Waals surface area contributed by atoms with Crippen LogP contribution in [0.2, 0.25) is 0 Å². The first-order chi connectivity index (χ1) is 5.49. The summed E-state index contributed by atoms with van der Waals surface area (Å²) >= 11 is 0. The number of alkyl halides is 3. The predicted molar refractivity (Wildman–Crippen MR) is 37.7 cm³/mol. The Labute approximate surface area is 68.8 Å². The first kappa shape index (κ1) is 9.80. The lowest BCUT2D eigenvalue weighted by molar-refractivity contribution is -0.127. The fourth-order valence-electron chi connectivity index (χ4n) is 1.43. The van der Waals surface area contributed by atoms with Crippen molar-refractivity contribution < 1.29 is 18.3 Å². The second kappa shape index (κ2) is 3.62. The fourth-order valence-corrected chi connectivity index (χ4v) is 1.43. The normalized spacial score (nSPS) is 31.0. The van der Waals surface area contributed by atoms with Crippen LogP contribution in [0.4, 0.5) is 13.2 Å². The molecule has 1 fully saturated rings. The summed E-state index contributed by atoms with van der Waals surface area (Å²) in [6.07, 6.45) is -2.74. The van der Waals surface area contributed by atoms with Gasteiger partial charge in [0.2, 0.25) is 0 Å². The van der Waals surface area contributed by atoms with Crippen LogP contribution in [0.15, 0.2) is 0 Å². The van der Waals surface area contributed by atoms with Gasteiger partial charge in [0.25, 0.3) is 0 Å². The van der Waals surface area contributed by atoms with E-state index >= 15 is 0 Å². The Morgan fingerprint density at radius 2 is 2.00 bits per heavy atom. The monoisotopic (exact) mass is 183 g/mol. The number of aliphatic hydroxyl groups is 1. The Morgan fingerprint density at radius 3 is 2.42 bits per heavy atom. The lowest BCUT2D eigenvalue weighted by Crippen LogP contribution is -2.41. The summed E-state index contributed by atoms with van der Waals surface area (Å²) in [5, 5.41) is 11.5.